The largest absolute Gasteiger partial charge is 0.388 e. The molecule has 0 bridgehead atoms. The van der Waals surface area contributed by atoms with E-state index in [9.17, 15) is 20.0 Å². The van der Waals surface area contributed by atoms with Crippen LogP contribution in [0.5, 0.6) is 0 Å². The normalized spacial score (nSPS) is 17.0. The lowest BCUT2D eigenvalue weighted by molar-refractivity contribution is -0.383. The molecule has 1 heterocycles. The number of fused-ring (bicyclic) bond motifs is 1. The average molecular weight is 343 g/mol. The molecule has 7 heteroatoms. The van der Waals surface area contributed by atoms with Gasteiger partial charge in [-0.3, -0.25) is 19.9 Å². The maximum Gasteiger partial charge on any atom is 0.278 e. The van der Waals surface area contributed by atoms with Gasteiger partial charge in [0.15, 0.2) is 0 Å². The van der Waals surface area contributed by atoms with Gasteiger partial charge in [-0.25, -0.2) is 0 Å². The number of aliphatic hydroxyl groups is 1. The fraction of sp³-hybridized carbons (Fsp3) is 0.444. The molecule has 132 valence electrons. The van der Waals surface area contributed by atoms with Crippen LogP contribution in [-0.4, -0.2) is 33.1 Å². The molecule has 7 nitrogen and oxygen atoms in total. The van der Waals surface area contributed by atoms with Crippen molar-refractivity contribution in [1.29, 1.82) is 0 Å². The first-order chi connectivity index (χ1) is 12.0. The Kier molecular flexibility index (Phi) is 4.94. The van der Waals surface area contributed by atoms with Crippen LogP contribution in [0.4, 0.5) is 5.69 Å². The van der Waals surface area contributed by atoms with Gasteiger partial charge in [-0.15, -0.1) is 0 Å². The summed E-state index contributed by atoms with van der Waals surface area (Å²) >= 11 is 0. The number of nitro groups is 1. The van der Waals surface area contributed by atoms with Gasteiger partial charge in [-0.2, -0.15) is 0 Å². The van der Waals surface area contributed by atoms with Crippen LogP contribution in [0.3, 0.4) is 0 Å². The summed E-state index contributed by atoms with van der Waals surface area (Å²) in [6.45, 7) is 0.178. The molecule has 1 aliphatic carbocycles. The smallest absolute Gasteiger partial charge is 0.278 e. The van der Waals surface area contributed by atoms with E-state index in [1.165, 1.54) is 18.3 Å². The van der Waals surface area contributed by atoms with Gasteiger partial charge in [0.2, 0.25) is 0 Å². The molecule has 25 heavy (non-hydrogen) atoms. The minimum absolute atomic E-state index is 0.0814. The molecule has 1 saturated carbocycles. The van der Waals surface area contributed by atoms with Crippen LogP contribution >= 0.6 is 0 Å². The molecule has 1 fully saturated rings. The molecule has 1 aliphatic rings. The van der Waals surface area contributed by atoms with Crippen molar-refractivity contribution in [3.8, 4) is 0 Å². The minimum Gasteiger partial charge on any atom is -0.388 e. The van der Waals surface area contributed by atoms with E-state index in [1.807, 2.05) is 0 Å². The Hall–Kier alpha value is -2.54. The number of amides is 1. The Morgan fingerprint density at radius 2 is 1.96 bits per heavy atom. The van der Waals surface area contributed by atoms with Crippen molar-refractivity contribution in [3.63, 3.8) is 0 Å². The number of non-ortho nitro benzene ring substituents is 1. The number of aromatic nitrogens is 1. The van der Waals surface area contributed by atoms with Crippen LogP contribution < -0.4 is 5.32 Å². The van der Waals surface area contributed by atoms with Gasteiger partial charge in [0, 0.05) is 18.8 Å². The van der Waals surface area contributed by atoms with Crippen molar-refractivity contribution in [3.05, 3.63) is 46.1 Å². The van der Waals surface area contributed by atoms with E-state index in [0.717, 1.165) is 25.7 Å². The molecule has 0 unspecified atom stereocenters. The number of nitrogens with one attached hydrogen (secondary N) is 1. The van der Waals surface area contributed by atoms with E-state index >= 15 is 0 Å². The summed E-state index contributed by atoms with van der Waals surface area (Å²) in [5.41, 5.74) is -0.390. The molecular formula is C18H21N3O4. The number of rotatable bonds is 4. The van der Waals surface area contributed by atoms with Crippen LogP contribution in [0.1, 0.15) is 48.9 Å². The molecule has 1 amide bonds. The van der Waals surface area contributed by atoms with Crippen molar-refractivity contribution in [2.75, 3.05) is 6.54 Å². The summed E-state index contributed by atoms with van der Waals surface area (Å²) in [7, 11) is 0. The fourth-order valence-corrected chi connectivity index (χ4v) is 3.40. The van der Waals surface area contributed by atoms with Gasteiger partial charge in [0.25, 0.3) is 11.6 Å². The molecule has 0 aliphatic heterocycles. The summed E-state index contributed by atoms with van der Waals surface area (Å²) in [4.78, 5) is 27.4. The highest BCUT2D eigenvalue weighted by Crippen LogP contribution is 2.28. The van der Waals surface area contributed by atoms with Gasteiger partial charge < -0.3 is 10.4 Å². The van der Waals surface area contributed by atoms with Crippen molar-refractivity contribution in [2.24, 2.45) is 0 Å². The topological polar surface area (TPSA) is 105 Å². The lowest BCUT2D eigenvalue weighted by Crippen LogP contribution is -2.42. The lowest BCUT2D eigenvalue weighted by Gasteiger charge is -2.26. The Morgan fingerprint density at radius 1 is 1.24 bits per heavy atom. The molecule has 2 N–H and O–H groups in total. The van der Waals surface area contributed by atoms with Gasteiger partial charge in [0.1, 0.15) is 0 Å². The second-order valence-corrected chi connectivity index (χ2v) is 6.61. The summed E-state index contributed by atoms with van der Waals surface area (Å²) < 4.78 is 0. The van der Waals surface area contributed by atoms with Gasteiger partial charge in [-0.05, 0) is 31.0 Å². The minimum atomic E-state index is -0.879. The molecule has 0 saturated heterocycles. The van der Waals surface area contributed by atoms with Crippen LogP contribution in [0.2, 0.25) is 0 Å². The average Bonchev–Trinajstić information content (AvgIpc) is 2.83. The third kappa shape index (κ3) is 3.76. The molecular weight excluding hydrogens is 322 g/mol. The maximum absolute atomic E-state index is 12.6. The van der Waals surface area contributed by atoms with E-state index in [1.54, 1.807) is 12.1 Å². The molecule has 0 spiro atoms. The van der Waals surface area contributed by atoms with E-state index in [0.29, 0.717) is 23.7 Å². The fourth-order valence-electron chi connectivity index (χ4n) is 3.40. The van der Waals surface area contributed by atoms with Crippen molar-refractivity contribution >= 4 is 22.5 Å². The number of pyridine rings is 1. The van der Waals surface area contributed by atoms with Crippen LogP contribution in [0.25, 0.3) is 10.9 Å². The molecule has 1 aromatic heterocycles. The van der Waals surface area contributed by atoms with Crippen molar-refractivity contribution in [1.82, 2.24) is 10.3 Å². The highest BCUT2D eigenvalue weighted by atomic mass is 16.6. The van der Waals surface area contributed by atoms with Crippen LogP contribution in [0, 0.1) is 10.1 Å². The van der Waals surface area contributed by atoms with E-state index < -0.39 is 10.5 Å². The zero-order chi connectivity index (χ0) is 17.9. The number of benzene rings is 1. The second kappa shape index (κ2) is 7.14. The third-order valence-electron chi connectivity index (χ3n) is 4.80. The Balaban J connectivity index is 1.83. The summed E-state index contributed by atoms with van der Waals surface area (Å²) in [6.07, 6.45) is 6.96. The van der Waals surface area contributed by atoms with Gasteiger partial charge in [-0.1, -0.05) is 25.7 Å². The summed E-state index contributed by atoms with van der Waals surface area (Å²) in [5, 5.41) is 24.9. The zero-order valence-corrected chi connectivity index (χ0v) is 13.9. The van der Waals surface area contributed by atoms with E-state index in [-0.39, 0.29) is 23.7 Å². The summed E-state index contributed by atoms with van der Waals surface area (Å²) in [6, 6.07) is 5.92. The first kappa shape index (κ1) is 17.3. The highest BCUT2D eigenvalue weighted by Gasteiger charge is 2.29. The second-order valence-electron chi connectivity index (χ2n) is 6.61. The molecule has 0 atom stereocenters. The quantitative estimate of drug-likeness (QED) is 0.504. The lowest BCUT2D eigenvalue weighted by atomic mass is 9.94. The molecule has 1 aromatic carbocycles. The Bertz CT molecular complexity index is 798. The Labute approximate surface area is 145 Å². The monoisotopic (exact) mass is 343 g/mol. The van der Waals surface area contributed by atoms with Crippen molar-refractivity contribution < 1.29 is 14.8 Å². The number of hydrogen-bond acceptors (Lipinski definition) is 5. The predicted octanol–water partition coefficient (Wildman–Crippen LogP) is 2.96. The predicted molar refractivity (Wildman–Crippen MR) is 93.4 cm³/mol. The number of nitrogens with zero attached hydrogens (tertiary/aromatic N) is 2. The number of nitro benzene ring substituents is 1. The zero-order valence-electron chi connectivity index (χ0n) is 13.9. The number of carbonyl (C=O) groups is 1. The molecule has 3 rings (SSSR count). The van der Waals surface area contributed by atoms with E-state index in [4.69, 9.17) is 0 Å². The van der Waals surface area contributed by atoms with Crippen molar-refractivity contribution in [2.45, 2.75) is 44.1 Å². The third-order valence-corrected chi connectivity index (χ3v) is 4.80. The first-order valence-electron chi connectivity index (χ1n) is 8.53. The van der Waals surface area contributed by atoms with Crippen LogP contribution in [0.15, 0.2) is 30.5 Å². The van der Waals surface area contributed by atoms with Crippen LogP contribution in [-0.2, 0) is 0 Å². The number of hydrogen-bond donors (Lipinski definition) is 2. The number of carbonyl (C=O) groups excluding carboxylic acids is 1. The maximum atomic E-state index is 12.6. The SMILES string of the molecule is O=C(NCC1(O)CCCCCC1)c1ccc([N+](=O)[O-])c2cccnc12. The van der Waals surface area contributed by atoms with Gasteiger partial charge >= 0.3 is 0 Å². The molecule has 0 radical (unpaired) electrons. The standard InChI is InChI=1S/C18H21N3O4/c22-17(20-12-18(23)9-3-1-2-4-10-18)14-7-8-15(21(24)25)13-6-5-11-19-16(13)14/h5-8,11,23H,1-4,9-10,12H2,(H,20,22). The van der Waals surface area contributed by atoms with Gasteiger partial charge in [0.05, 0.1) is 27.0 Å². The van der Waals surface area contributed by atoms with E-state index in [2.05, 4.69) is 10.3 Å². The first-order valence-corrected chi connectivity index (χ1v) is 8.53. The Morgan fingerprint density at radius 3 is 2.64 bits per heavy atom. The highest BCUT2D eigenvalue weighted by molar-refractivity contribution is 6.07. The summed E-state index contributed by atoms with van der Waals surface area (Å²) in [5.74, 6) is -0.378. The molecule has 2 aromatic rings.